The van der Waals surface area contributed by atoms with Crippen molar-refractivity contribution in [2.75, 3.05) is 0 Å². The van der Waals surface area contributed by atoms with Crippen molar-refractivity contribution in [3.63, 3.8) is 0 Å². The average Bonchev–Trinajstić information content (AvgIpc) is 2.36. The van der Waals surface area contributed by atoms with E-state index in [4.69, 9.17) is 11.6 Å². The summed E-state index contributed by atoms with van der Waals surface area (Å²) < 4.78 is 0. The molecule has 0 bridgehead atoms. The molecule has 2 aromatic carbocycles. The van der Waals surface area contributed by atoms with Gasteiger partial charge in [-0.2, -0.15) is 0 Å². The molecule has 0 saturated heterocycles. The van der Waals surface area contributed by atoms with Gasteiger partial charge in [0.15, 0.2) is 0 Å². The first-order valence-electron chi connectivity index (χ1n) is 5.78. The summed E-state index contributed by atoms with van der Waals surface area (Å²) in [5.41, 5.74) is 2.55. The van der Waals surface area contributed by atoms with Crippen molar-refractivity contribution in [3.8, 4) is 0 Å². The molecule has 0 aromatic heterocycles. The van der Waals surface area contributed by atoms with Crippen LogP contribution in [0.25, 0.3) is 0 Å². The molecule has 0 radical (unpaired) electrons. The maximum absolute atomic E-state index is 11.2. The van der Waals surface area contributed by atoms with Crippen molar-refractivity contribution < 1.29 is 9.90 Å². The minimum absolute atomic E-state index is 0.182. The molecule has 98 valence electrons. The zero-order valence-corrected chi connectivity index (χ0v) is 12.0. The second kappa shape index (κ2) is 6.13. The van der Waals surface area contributed by atoms with Gasteiger partial charge in [-0.05, 0) is 24.6 Å². The Morgan fingerprint density at radius 3 is 2.68 bits per heavy atom. The van der Waals surface area contributed by atoms with Gasteiger partial charge < -0.3 is 5.11 Å². The van der Waals surface area contributed by atoms with Crippen molar-refractivity contribution in [1.29, 1.82) is 0 Å². The lowest BCUT2D eigenvalue weighted by Gasteiger charge is -2.08. The highest BCUT2D eigenvalue weighted by molar-refractivity contribution is 7.98. The summed E-state index contributed by atoms with van der Waals surface area (Å²) in [6, 6.07) is 13.3. The van der Waals surface area contributed by atoms with E-state index < -0.39 is 5.97 Å². The number of carbonyl (C=O) groups is 1. The molecule has 0 aliphatic rings. The van der Waals surface area contributed by atoms with E-state index in [2.05, 4.69) is 6.07 Å². The van der Waals surface area contributed by atoms with Crippen LogP contribution in [-0.4, -0.2) is 11.1 Å². The highest BCUT2D eigenvalue weighted by Crippen LogP contribution is 2.30. The number of hydrogen-bond acceptors (Lipinski definition) is 2. The smallest absolute Gasteiger partial charge is 0.338 e. The van der Waals surface area contributed by atoms with Gasteiger partial charge >= 0.3 is 5.97 Å². The van der Waals surface area contributed by atoms with Crippen LogP contribution in [0.1, 0.15) is 21.5 Å². The number of carboxylic acids is 1. The number of aryl methyl sites for hydroxylation is 1. The summed E-state index contributed by atoms with van der Waals surface area (Å²) in [7, 11) is 0. The van der Waals surface area contributed by atoms with E-state index in [1.54, 1.807) is 18.2 Å². The van der Waals surface area contributed by atoms with E-state index in [0.29, 0.717) is 4.90 Å². The number of aromatic carboxylic acids is 1. The van der Waals surface area contributed by atoms with Crippen LogP contribution in [0.5, 0.6) is 0 Å². The summed E-state index contributed by atoms with van der Waals surface area (Å²) >= 11 is 7.42. The highest BCUT2D eigenvalue weighted by atomic mass is 35.5. The topological polar surface area (TPSA) is 37.3 Å². The number of carboxylic acid groups (broad SMARTS) is 1. The molecule has 2 aromatic rings. The van der Waals surface area contributed by atoms with E-state index in [1.807, 2.05) is 25.1 Å². The first kappa shape index (κ1) is 14.0. The summed E-state index contributed by atoms with van der Waals surface area (Å²) in [6.45, 7) is 2.04. The molecule has 0 unspecified atom stereocenters. The molecule has 0 aliphatic carbocycles. The molecule has 0 atom stereocenters. The van der Waals surface area contributed by atoms with E-state index in [0.717, 1.165) is 5.75 Å². The Morgan fingerprint density at radius 1 is 1.26 bits per heavy atom. The molecule has 0 amide bonds. The number of benzene rings is 2. The Hall–Kier alpha value is -1.45. The number of rotatable bonds is 4. The fourth-order valence-corrected chi connectivity index (χ4v) is 3.12. The Bertz CT molecular complexity index is 611. The molecule has 0 aliphatic heterocycles. The Labute approximate surface area is 121 Å². The molecule has 0 heterocycles. The quantitative estimate of drug-likeness (QED) is 0.834. The fraction of sp³-hybridized carbons (Fsp3) is 0.133. The van der Waals surface area contributed by atoms with Crippen molar-refractivity contribution >= 4 is 29.3 Å². The number of hydrogen-bond donors (Lipinski definition) is 1. The molecule has 2 rings (SSSR count). The molecule has 4 heteroatoms. The second-order valence-electron chi connectivity index (χ2n) is 4.20. The SMILES string of the molecule is Cc1cccc(CSc2cccc(Cl)c2C(=O)O)c1. The predicted molar refractivity (Wildman–Crippen MR) is 79.2 cm³/mol. The van der Waals surface area contributed by atoms with Gasteiger partial charge in [-0.25, -0.2) is 4.79 Å². The summed E-state index contributed by atoms with van der Waals surface area (Å²) in [5.74, 6) is -0.264. The van der Waals surface area contributed by atoms with Crippen LogP contribution >= 0.6 is 23.4 Å². The van der Waals surface area contributed by atoms with E-state index in [9.17, 15) is 9.90 Å². The zero-order chi connectivity index (χ0) is 13.8. The first-order chi connectivity index (χ1) is 9.08. The van der Waals surface area contributed by atoms with Crippen LogP contribution in [0.3, 0.4) is 0 Å². The number of thioether (sulfide) groups is 1. The third-order valence-corrected chi connectivity index (χ3v) is 4.11. The summed E-state index contributed by atoms with van der Waals surface area (Å²) in [6.07, 6.45) is 0. The van der Waals surface area contributed by atoms with Crippen LogP contribution < -0.4 is 0 Å². The maximum atomic E-state index is 11.2. The lowest BCUT2D eigenvalue weighted by Crippen LogP contribution is -2.00. The van der Waals surface area contributed by atoms with Gasteiger partial charge in [-0.3, -0.25) is 0 Å². The van der Waals surface area contributed by atoms with Gasteiger partial charge in [-0.1, -0.05) is 47.5 Å². The molecule has 0 saturated carbocycles. The minimum Gasteiger partial charge on any atom is -0.478 e. The van der Waals surface area contributed by atoms with Crippen LogP contribution in [0, 0.1) is 6.92 Å². The molecular formula is C15H13ClO2S. The Balaban J connectivity index is 2.20. The van der Waals surface area contributed by atoms with Gasteiger partial charge in [0.25, 0.3) is 0 Å². The van der Waals surface area contributed by atoms with E-state index >= 15 is 0 Å². The van der Waals surface area contributed by atoms with Crippen molar-refractivity contribution in [2.45, 2.75) is 17.6 Å². The molecule has 0 spiro atoms. The highest BCUT2D eigenvalue weighted by Gasteiger charge is 2.14. The van der Waals surface area contributed by atoms with E-state index in [-0.39, 0.29) is 10.6 Å². The van der Waals surface area contributed by atoms with Gasteiger partial charge in [0, 0.05) is 10.6 Å². The lowest BCUT2D eigenvalue weighted by atomic mass is 10.2. The standard InChI is InChI=1S/C15H13ClO2S/c1-10-4-2-5-11(8-10)9-19-13-7-3-6-12(16)14(13)15(17)18/h2-8H,9H2,1H3,(H,17,18). The fourth-order valence-electron chi connectivity index (χ4n) is 1.80. The summed E-state index contributed by atoms with van der Waals surface area (Å²) in [4.78, 5) is 11.9. The minimum atomic E-state index is -0.989. The summed E-state index contributed by atoms with van der Waals surface area (Å²) in [5, 5.41) is 9.47. The lowest BCUT2D eigenvalue weighted by molar-refractivity contribution is 0.0693. The third kappa shape index (κ3) is 3.52. The second-order valence-corrected chi connectivity index (χ2v) is 5.62. The Kier molecular flexibility index (Phi) is 4.51. The maximum Gasteiger partial charge on any atom is 0.338 e. The van der Waals surface area contributed by atoms with Crippen LogP contribution in [0.15, 0.2) is 47.4 Å². The van der Waals surface area contributed by atoms with Gasteiger partial charge in [-0.15, -0.1) is 11.8 Å². The first-order valence-corrected chi connectivity index (χ1v) is 7.14. The largest absolute Gasteiger partial charge is 0.478 e. The van der Waals surface area contributed by atoms with E-state index in [1.165, 1.54) is 22.9 Å². The molecule has 2 nitrogen and oxygen atoms in total. The third-order valence-electron chi connectivity index (χ3n) is 2.67. The normalized spacial score (nSPS) is 10.4. The monoisotopic (exact) mass is 292 g/mol. The van der Waals surface area contributed by atoms with Crippen molar-refractivity contribution in [1.82, 2.24) is 0 Å². The molecule has 1 N–H and O–H groups in total. The van der Waals surface area contributed by atoms with Gasteiger partial charge in [0.2, 0.25) is 0 Å². The van der Waals surface area contributed by atoms with Crippen LogP contribution in [-0.2, 0) is 5.75 Å². The predicted octanol–water partition coefficient (Wildman–Crippen LogP) is 4.64. The molecule has 19 heavy (non-hydrogen) atoms. The van der Waals surface area contributed by atoms with Gasteiger partial charge in [0.1, 0.15) is 0 Å². The van der Waals surface area contributed by atoms with Crippen LogP contribution in [0.4, 0.5) is 0 Å². The van der Waals surface area contributed by atoms with Crippen LogP contribution in [0.2, 0.25) is 5.02 Å². The molecular weight excluding hydrogens is 280 g/mol. The molecule has 0 fully saturated rings. The Morgan fingerprint density at radius 2 is 2.00 bits per heavy atom. The zero-order valence-electron chi connectivity index (χ0n) is 10.4. The van der Waals surface area contributed by atoms with Crippen molar-refractivity contribution in [3.05, 3.63) is 64.2 Å². The number of halogens is 1. The van der Waals surface area contributed by atoms with Crippen molar-refractivity contribution in [2.24, 2.45) is 0 Å². The van der Waals surface area contributed by atoms with Gasteiger partial charge in [0.05, 0.1) is 10.6 Å². The average molecular weight is 293 g/mol.